The van der Waals surface area contributed by atoms with E-state index in [0.717, 1.165) is 10.0 Å². The van der Waals surface area contributed by atoms with Gasteiger partial charge in [0.15, 0.2) is 0 Å². The number of benzene rings is 1. The van der Waals surface area contributed by atoms with E-state index in [-0.39, 0.29) is 12.1 Å². The first-order valence-corrected chi connectivity index (χ1v) is 5.88. The van der Waals surface area contributed by atoms with Crippen molar-refractivity contribution >= 4 is 22.0 Å². The Hall–Kier alpha value is -1.07. The van der Waals surface area contributed by atoms with Gasteiger partial charge in [-0.3, -0.25) is 4.90 Å². The largest absolute Gasteiger partial charge is 0.447 e. The van der Waals surface area contributed by atoms with Crippen LogP contribution in [-0.2, 0) is 11.3 Å². The lowest BCUT2D eigenvalue weighted by Gasteiger charge is -2.20. The van der Waals surface area contributed by atoms with Crippen LogP contribution in [0.1, 0.15) is 5.56 Å². The van der Waals surface area contributed by atoms with Gasteiger partial charge in [-0.2, -0.15) is 0 Å². The van der Waals surface area contributed by atoms with E-state index < -0.39 is 0 Å². The van der Waals surface area contributed by atoms with Gasteiger partial charge in [-0.25, -0.2) is 4.79 Å². The Morgan fingerprint density at radius 2 is 2.25 bits per heavy atom. The summed E-state index contributed by atoms with van der Waals surface area (Å²) >= 11 is 3.46. The van der Waals surface area contributed by atoms with E-state index in [2.05, 4.69) is 15.9 Å². The molecule has 0 aliphatic carbocycles. The molecule has 86 valence electrons. The van der Waals surface area contributed by atoms with Gasteiger partial charge in [-0.15, -0.1) is 0 Å². The zero-order valence-corrected chi connectivity index (χ0v) is 10.3. The number of hydrogen-bond acceptors (Lipinski definition) is 3. The highest BCUT2D eigenvalue weighted by Crippen LogP contribution is 2.21. The predicted octanol–water partition coefficient (Wildman–Crippen LogP) is 1.73. The summed E-state index contributed by atoms with van der Waals surface area (Å²) < 4.78 is 5.96. The highest BCUT2D eigenvalue weighted by Gasteiger charge is 2.31. The molecule has 16 heavy (non-hydrogen) atoms. The quantitative estimate of drug-likeness (QED) is 0.920. The van der Waals surface area contributed by atoms with Gasteiger partial charge in [0, 0.05) is 11.0 Å². The molecule has 1 unspecified atom stereocenters. The number of cyclic esters (lactones) is 1. The normalized spacial score (nSPS) is 20.0. The lowest BCUT2D eigenvalue weighted by Crippen LogP contribution is -2.38. The first-order chi connectivity index (χ1) is 7.72. The molecule has 2 rings (SSSR count). The number of rotatable bonds is 3. The third-order valence-electron chi connectivity index (χ3n) is 2.65. The standard InChI is InChI=1S/C11H13BrN2O2/c12-10-4-2-1-3-8(10)6-14-9(5-13)7-16-11(14)15/h1-4,9H,5-7,13H2. The minimum atomic E-state index is -0.286. The number of carbonyl (C=O) groups excluding carboxylic acids is 1. The molecule has 1 aliphatic rings. The fourth-order valence-electron chi connectivity index (χ4n) is 1.69. The maximum Gasteiger partial charge on any atom is 0.410 e. The lowest BCUT2D eigenvalue weighted by molar-refractivity contribution is 0.156. The first kappa shape index (κ1) is 11.4. The molecule has 1 aromatic carbocycles. The Balaban J connectivity index is 2.14. The highest BCUT2D eigenvalue weighted by molar-refractivity contribution is 9.10. The molecule has 2 N–H and O–H groups in total. The Labute approximate surface area is 102 Å². The van der Waals surface area contributed by atoms with E-state index in [1.165, 1.54) is 0 Å². The molecular weight excluding hydrogens is 272 g/mol. The second-order valence-electron chi connectivity index (χ2n) is 3.69. The molecule has 1 aromatic rings. The predicted molar refractivity (Wildman–Crippen MR) is 63.9 cm³/mol. The minimum Gasteiger partial charge on any atom is -0.447 e. The lowest BCUT2D eigenvalue weighted by atomic mass is 10.2. The third kappa shape index (κ3) is 2.20. The van der Waals surface area contributed by atoms with Crippen molar-refractivity contribution in [2.45, 2.75) is 12.6 Å². The zero-order chi connectivity index (χ0) is 11.5. The first-order valence-electron chi connectivity index (χ1n) is 5.09. The number of hydrogen-bond donors (Lipinski definition) is 1. The van der Waals surface area contributed by atoms with Gasteiger partial charge in [-0.1, -0.05) is 34.1 Å². The maximum absolute atomic E-state index is 11.5. The van der Waals surface area contributed by atoms with Gasteiger partial charge in [0.2, 0.25) is 0 Å². The van der Waals surface area contributed by atoms with Crippen molar-refractivity contribution in [1.82, 2.24) is 4.90 Å². The van der Waals surface area contributed by atoms with Crippen LogP contribution in [-0.4, -0.2) is 30.2 Å². The van der Waals surface area contributed by atoms with Gasteiger partial charge < -0.3 is 10.5 Å². The van der Waals surface area contributed by atoms with Crippen molar-refractivity contribution < 1.29 is 9.53 Å². The molecule has 1 amide bonds. The minimum absolute atomic E-state index is 0.0143. The van der Waals surface area contributed by atoms with Crippen molar-refractivity contribution in [2.24, 2.45) is 5.73 Å². The molecule has 4 nitrogen and oxygen atoms in total. The SMILES string of the molecule is NCC1COC(=O)N1Cc1ccccc1Br. The van der Waals surface area contributed by atoms with Crippen LogP contribution in [0.3, 0.4) is 0 Å². The summed E-state index contributed by atoms with van der Waals surface area (Å²) in [5.74, 6) is 0. The van der Waals surface area contributed by atoms with E-state index in [1.54, 1.807) is 4.90 Å². The Morgan fingerprint density at radius 3 is 2.94 bits per heavy atom. The van der Waals surface area contributed by atoms with Gasteiger partial charge in [-0.05, 0) is 11.6 Å². The molecule has 0 aromatic heterocycles. The molecule has 0 spiro atoms. The monoisotopic (exact) mass is 284 g/mol. The fourth-order valence-corrected chi connectivity index (χ4v) is 2.10. The number of halogens is 1. The zero-order valence-electron chi connectivity index (χ0n) is 8.73. The number of carbonyl (C=O) groups is 1. The van der Waals surface area contributed by atoms with E-state index in [1.807, 2.05) is 24.3 Å². The van der Waals surface area contributed by atoms with E-state index in [4.69, 9.17) is 10.5 Å². The second kappa shape index (κ2) is 4.84. The Bertz CT molecular complexity index is 397. The smallest absolute Gasteiger partial charge is 0.410 e. The fraction of sp³-hybridized carbons (Fsp3) is 0.364. The van der Waals surface area contributed by atoms with Gasteiger partial charge in [0.25, 0.3) is 0 Å². The van der Waals surface area contributed by atoms with Crippen molar-refractivity contribution in [3.8, 4) is 0 Å². The summed E-state index contributed by atoms with van der Waals surface area (Å²) in [7, 11) is 0. The average Bonchev–Trinajstić information content (AvgIpc) is 2.63. The topological polar surface area (TPSA) is 55.6 Å². The molecule has 1 atom stereocenters. The molecule has 1 fully saturated rings. The van der Waals surface area contributed by atoms with Crippen LogP contribution in [0.15, 0.2) is 28.7 Å². The molecule has 0 saturated carbocycles. The van der Waals surface area contributed by atoms with Crippen molar-refractivity contribution in [2.75, 3.05) is 13.2 Å². The summed E-state index contributed by atoms with van der Waals surface area (Å²) in [6.07, 6.45) is -0.286. The van der Waals surface area contributed by atoms with E-state index in [0.29, 0.717) is 19.7 Å². The van der Waals surface area contributed by atoms with Crippen LogP contribution in [0.2, 0.25) is 0 Å². The Kier molecular flexibility index (Phi) is 3.46. The van der Waals surface area contributed by atoms with Crippen molar-refractivity contribution in [1.29, 1.82) is 0 Å². The molecular formula is C11H13BrN2O2. The van der Waals surface area contributed by atoms with Crippen LogP contribution >= 0.6 is 15.9 Å². The summed E-state index contributed by atoms with van der Waals surface area (Å²) in [4.78, 5) is 13.2. The van der Waals surface area contributed by atoms with Crippen LogP contribution in [0.5, 0.6) is 0 Å². The van der Waals surface area contributed by atoms with Crippen LogP contribution in [0.25, 0.3) is 0 Å². The Morgan fingerprint density at radius 1 is 1.50 bits per heavy atom. The van der Waals surface area contributed by atoms with E-state index in [9.17, 15) is 4.79 Å². The van der Waals surface area contributed by atoms with Crippen molar-refractivity contribution in [3.63, 3.8) is 0 Å². The molecule has 1 heterocycles. The summed E-state index contributed by atoms with van der Waals surface area (Å²) in [6, 6.07) is 7.80. The van der Waals surface area contributed by atoms with Gasteiger partial charge in [0.05, 0.1) is 12.6 Å². The van der Waals surface area contributed by atoms with Gasteiger partial charge in [0.1, 0.15) is 6.61 Å². The van der Waals surface area contributed by atoms with Gasteiger partial charge >= 0.3 is 6.09 Å². The number of amides is 1. The van der Waals surface area contributed by atoms with Crippen LogP contribution < -0.4 is 5.73 Å². The summed E-state index contributed by atoms with van der Waals surface area (Å²) in [6.45, 7) is 1.35. The van der Waals surface area contributed by atoms with Crippen molar-refractivity contribution in [3.05, 3.63) is 34.3 Å². The summed E-state index contributed by atoms with van der Waals surface area (Å²) in [5.41, 5.74) is 6.65. The second-order valence-corrected chi connectivity index (χ2v) is 4.54. The highest BCUT2D eigenvalue weighted by atomic mass is 79.9. The van der Waals surface area contributed by atoms with E-state index >= 15 is 0 Å². The number of nitrogens with two attached hydrogens (primary N) is 1. The third-order valence-corrected chi connectivity index (χ3v) is 3.42. The molecule has 5 heteroatoms. The number of nitrogens with zero attached hydrogens (tertiary/aromatic N) is 1. The molecule has 0 radical (unpaired) electrons. The summed E-state index contributed by atoms with van der Waals surface area (Å²) in [5, 5.41) is 0. The number of ether oxygens (including phenoxy) is 1. The maximum atomic E-state index is 11.5. The molecule has 1 saturated heterocycles. The molecule has 1 aliphatic heterocycles. The van der Waals surface area contributed by atoms with Crippen LogP contribution in [0, 0.1) is 0 Å². The molecule has 0 bridgehead atoms. The average molecular weight is 285 g/mol. The van der Waals surface area contributed by atoms with Crippen LogP contribution in [0.4, 0.5) is 4.79 Å².